The molecule has 1 saturated heterocycles. The van der Waals surface area contributed by atoms with Crippen molar-refractivity contribution in [3.8, 4) is 0 Å². The summed E-state index contributed by atoms with van der Waals surface area (Å²) in [6.07, 6.45) is 3.29. The molecule has 0 saturated carbocycles. The normalized spacial score (nSPS) is 18.8. The molecular formula is C14H21ClN2O. The standard InChI is InChI=1S/C14H20N2O.ClH/c1-11-5-4-6-12(9-11)10-16-14(17)13-7-2-3-8-15-13;/h4-6,9,13,15H,2-3,7-8,10H2,1H3,(H,16,17);1H/t13-;/m1./s1. The van der Waals surface area contributed by atoms with E-state index in [4.69, 9.17) is 0 Å². The molecule has 2 N–H and O–H groups in total. The van der Waals surface area contributed by atoms with Crippen molar-refractivity contribution >= 4 is 18.3 Å². The monoisotopic (exact) mass is 268 g/mol. The van der Waals surface area contributed by atoms with Gasteiger partial charge in [0.1, 0.15) is 0 Å². The minimum absolute atomic E-state index is 0. The fraction of sp³-hybridized carbons (Fsp3) is 0.500. The van der Waals surface area contributed by atoms with Crippen LogP contribution in [0.5, 0.6) is 0 Å². The van der Waals surface area contributed by atoms with E-state index in [1.807, 2.05) is 12.1 Å². The number of rotatable bonds is 3. The van der Waals surface area contributed by atoms with E-state index in [1.54, 1.807) is 0 Å². The minimum atomic E-state index is 0. The maximum Gasteiger partial charge on any atom is 0.237 e. The minimum Gasteiger partial charge on any atom is -0.351 e. The molecule has 100 valence electrons. The molecule has 1 atom stereocenters. The van der Waals surface area contributed by atoms with Crippen LogP contribution in [-0.4, -0.2) is 18.5 Å². The fourth-order valence-electron chi connectivity index (χ4n) is 2.21. The predicted molar refractivity (Wildman–Crippen MR) is 75.9 cm³/mol. The molecule has 3 nitrogen and oxygen atoms in total. The Bertz CT molecular complexity index is 389. The summed E-state index contributed by atoms with van der Waals surface area (Å²) in [5.41, 5.74) is 2.39. The molecule has 1 aliphatic heterocycles. The largest absolute Gasteiger partial charge is 0.351 e. The topological polar surface area (TPSA) is 41.1 Å². The molecule has 0 aromatic heterocycles. The molecule has 0 unspecified atom stereocenters. The molecular weight excluding hydrogens is 248 g/mol. The van der Waals surface area contributed by atoms with E-state index >= 15 is 0 Å². The molecule has 0 spiro atoms. The van der Waals surface area contributed by atoms with Crippen LogP contribution in [0.1, 0.15) is 30.4 Å². The van der Waals surface area contributed by atoms with Crippen LogP contribution in [0.3, 0.4) is 0 Å². The second-order valence-electron chi connectivity index (χ2n) is 4.71. The highest BCUT2D eigenvalue weighted by molar-refractivity contribution is 5.85. The van der Waals surface area contributed by atoms with Crippen LogP contribution in [0.25, 0.3) is 0 Å². The van der Waals surface area contributed by atoms with E-state index in [2.05, 4.69) is 29.7 Å². The Morgan fingerprint density at radius 3 is 2.94 bits per heavy atom. The second-order valence-corrected chi connectivity index (χ2v) is 4.71. The van der Waals surface area contributed by atoms with Gasteiger partial charge in [0.05, 0.1) is 6.04 Å². The van der Waals surface area contributed by atoms with E-state index in [0.717, 1.165) is 24.9 Å². The van der Waals surface area contributed by atoms with Gasteiger partial charge >= 0.3 is 0 Å². The predicted octanol–water partition coefficient (Wildman–Crippen LogP) is 2.18. The average Bonchev–Trinajstić information content (AvgIpc) is 2.37. The van der Waals surface area contributed by atoms with Crippen LogP contribution in [0.2, 0.25) is 0 Å². The van der Waals surface area contributed by atoms with E-state index in [-0.39, 0.29) is 24.4 Å². The van der Waals surface area contributed by atoms with Crippen LogP contribution < -0.4 is 10.6 Å². The third-order valence-corrected chi connectivity index (χ3v) is 3.18. The summed E-state index contributed by atoms with van der Waals surface area (Å²) in [6.45, 7) is 3.65. The average molecular weight is 269 g/mol. The van der Waals surface area contributed by atoms with Gasteiger partial charge in [0, 0.05) is 6.54 Å². The molecule has 0 radical (unpaired) electrons. The van der Waals surface area contributed by atoms with Crippen molar-refractivity contribution < 1.29 is 4.79 Å². The van der Waals surface area contributed by atoms with E-state index in [1.165, 1.54) is 12.0 Å². The summed E-state index contributed by atoms with van der Waals surface area (Å²) in [7, 11) is 0. The second kappa shape index (κ2) is 7.39. The van der Waals surface area contributed by atoms with Crippen molar-refractivity contribution in [3.63, 3.8) is 0 Å². The van der Waals surface area contributed by atoms with Crippen LogP contribution in [0.15, 0.2) is 24.3 Å². The Labute approximate surface area is 115 Å². The zero-order valence-corrected chi connectivity index (χ0v) is 11.6. The highest BCUT2D eigenvalue weighted by Crippen LogP contribution is 2.08. The van der Waals surface area contributed by atoms with Gasteiger partial charge in [0.2, 0.25) is 5.91 Å². The van der Waals surface area contributed by atoms with Crippen molar-refractivity contribution in [2.24, 2.45) is 0 Å². The summed E-state index contributed by atoms with van der Waals surface area (Å²) in [5.74, 6) is 0.131. The fourth-order valence-corrected chi connectivity index (χ4v) is 2.21. The molecule has 1 aromatic carbocycles. The quantitative estimate of drug-likeness (QED) is 0.882. The number of carbonyl (C=O) groups is 1. The highest BCUT2D eigenvalue weighted by atomic mass is 35.5. The summed E-state index contributed by atoms with van der Waals surface area (Å²) in [6, 6.07) is 8.24. The Morgan fingerprint density at radius 2 is 2.28 bits per heavy atom. The summed E-state index contributed by atoms with van der Waals surface area (Å²) in [5, 5.41) is 6.25. The molecule has 1 aliphatic rings. The molecule has 1 amide bonds. The van der Waals surface area contributed by atoms with Gasteiger partial charge in [-0.05, 0) is 31.9 Å². The molecule has 1 aromatic rings. The number of carbonyl (C=O) groups excluding carboxylic acids is 1. The van der Waals surface area contributed by atoms with Crippen molar-refractivity contribution in [1.82, 2.24) is 10.6 Å². The van der Waals surface area contributed by atoms with Crippen LogP contribution in [0, 0.1) is 6.92 Å². The lowest BCUT2D eigenvalue weighted by atomic mass is 10.0. The Kier molecular flexibility index (Phi) is 6.16. The van der Waals surface area contributed by atoms with Crippen molar-refractivity contribution in [1.29, 1.82) is 0 Å². The summed E-state index contributed by atoms with van der Waals surface area (Å²) in [4.78, 5) is 11.9. The molecule has 0 bridgehead atoms. The first-order valence-corrected chi connectivity index (χ1v) is 6.32. The van der Waals surface area contributed by atoms with Crippen molar-refractivity contribution in [2.45, 2.75) is 38.8 Å². The molecule has 4 heteroatoms. The first-order valence-electron chi connectivity index (χ1n) is 6.32. The highest BCUT2D eigenvalue weighted by Gasteiger charge is 2.19. The summed E-state index contributed by atoms with van der Waals surface area (Å²) >= 11 is 0. The molecule has 2 rings (SSSR count). The van der Waals surface area contributed by atoms with Gasteiger partial charge in [-0.15, -0.1) is 12.4 Å². The lowest BCUT2D eigenvalue weighted by molar-refractivity contribution is -0.123. The lowest BCUT2D eigenvalue weighted by Gasteiger charge is -2.22. The van der Waals surface area contributed by atoms with Crippen LogP contribution in [0.4, 0.5) is 0 Å². The zero-order chi connectivity index (χ0) is 12.1. The maximum absolute atomic E-state index is 11.9. The van der Waals surface area contributed by atoms with Gasteiger partial charge in [-0.2, -0.15) is 0 Å². The summed E-state index contributed by atoms with van der Waals surface area (Å²) < 4.78 is 0. The third-order valence-electron chi connectivity index (χ3n) is 3.18. The van der Waals surface area contributed by atoms with E-state index in [9.17, 15) is 4.79 Å². The van der Waals surface area contributed by atoms with Gasteiger partial charge in [0.25, 0.3) is 0 Å². The lowest BCUT2D eigenvalue weighted by Crippen LogP contribution is -2.46. The number of aryl methyl sites for hydroxylation is 1. The number of hydrogen-bond acceptors (Lipinski definition) is 2. The number of piperidine rings is 1. The van der Waals surface area contributed by atoms with Gasteiger partial charge in [-0.3, -0.25) is 4.79 Å². The first-order chi connectivity index (χ1) is 8.25. The molecule has 1 heterocycles. The molecule has 1 fully saturated rings. The smallest absolute Gasteiger partial charge is 0.237 e. The number of benzene rings is 1. The SMILES string of the molecule is Cc1cccc(CNC(=O)[C@H]2CCCCN2)c1.Cl. The van der Waals surface area contributed by atoms with Gasteiger partial charge in [-0.1, -0.05) is 36.2 Å². The Morgan fingerprint density at radius 1 is 1.44 bits per heavy atom. The maximum atomic E-state index is 11.9. The number of amides is 1. The number of hydrogen-bond donors (Lipinski definition) is 2. The Balaban J connectivity index is 0.00000162. The van der Waals surface area contributed by atoms with Crippen LogP contribution >= 0.6 is 12.4 Å². The van der Waals surface area contributed by atoms with E-state index in [0.29, 0.717) is 6.54 Å². The molecule has 18 heavy (non-hydrogen) atoms. The van der Waals surface area contributed by atoms with Crippen LogP contribution in [-0.2, 0) is 11.3 Å². The van der Waals surface area contributed by atoms with E-state index < -0.39 is 0 Å². The van der Waals surface area contributed by atoms with Crippen molar-refractivity contribution in [2.75, 3.05) is 6.54 Å². The number of nitrogens with one attached hydrogen (secondary N) is 2. The van der Waals surface area contributed by atoms with Gasteiger partial charge in [-0.25, -0.2) is 0 Å². The van der Waals surface area contributed by atoms with Gasteiger partial charge < -0.3 is 10.6 Å². The third kappa shape index (κ3) is 4.31. The Hall–Kier alpha value is -1.06. The van der Waals surface area contributed by atoms with Crippen molar-refractivity contribution in [3.05, 3.63) is 35.4 Å². The van der Waals surface area contributed by atoms with Gasteiger partial charge in [0.15, 0.2) is 0 Å². The number of halogens is 1. The molecule has 0 aliphatic carbocycles. The zero-order valence-electron chi connectivity index (χ0n) is 10.7. The first kappa shape index (κ1) is 15.0.